The summed E-state index contributed by atoms with van der Waals surface area (Å²) in [6, 6.07) is 5.54. The van der Waals surface area contributed by atoms with Gasteiger partial charge >= 0.3 is 12.0 Å². The minimum Gasteiger partial charge on any atom is -0.480 e. The van der Waals surface area contributed by atoms with Gasteiger partial charge in [0, 0.05) is 0 Å². The smallest absolute Gasteiger partial charge is 0.326 e. The number of carboxylic acids is 1. The zero-order valence-corrected chi connectivity index (χ0v) is 11.0. The second-order valence-electron chi connectivity index (χ2n) is 4.16. The quantitative estimate of drug-likeness (QED) is 0.601. The van der Waals surface area contributed by atoms with Crippen molar-refractivity contribution in [2.45, 2.75) is 25.4 Å². The summed E-state index contributed by atoms with van der Waals surface area (Å²) in [5, 5.41) is 13.6. The first kappa shape index (κ1) is 15.5. The summed E-state index contributed by atoms with van der Waals surface area (Å²) in [7, 11) is 0. The van der Waals surface area contributed by atoms with Crippen LogP contribution in [0.15, 0.2) is 30.3 Å². The molecule has 1 rings (SSSR count). The van der Waals surface area contributed by atoms with E-state index in [1.54, 1.807) is 37.3 Å². The molecule has 1 aromatic rings. The number of rotatable bonds is 6. The molecule has 0 spiro atoms. The molecule has 5 N–H and O–H groups in total. The molecule has 20 heavy (non-hydrogen) atoms. The summed E-state index contributed by atoms with van der Waals surface area (Å²) >= 11 is 0. The predicted molar refractivity (Wildman–Crippen MR) is 71.8 cm³/mol. The van der Waals surface area contributed by atoms with E-state index in [2.05, 4.69) is 10.6 Å². The van der Waals surface area contributed by atoms with Crippen LogP contribution >= 0.6 is 0 Å². The van der Waals surface area contributed by atoms with Crippen LogP contribution in [-0.2, 0) is 9.59 Å². The fourth-order valence-electron chi connectivity index (χ4n) is 1.68. The van der Waals surface area contributed by atoms with Crippen LogP contribution in [0.1, 0.15) is 24.9 Å². The number of carbonyl (C=O) groups excluding carboxylic acids is 2. The molecule has 0 aliphatic heterocycles. The van der Waals surface area contributed by atoms with E-state index in [1.807, 2.05) is 0 Å². The average molecular weight is 279 g/mol. The molecule has 0 bridgehead atoms. The normalized spacial score (nSPS) is 13.1. The van der Waals surface area contributed by atoms with E-state index in [1.165, 1.54) is 0 Å². The number of hydrogen-bond donors (Lipinski definition) is 4. The maximum Gasteiger partial charge on any atom is 0.326 e. The van der Waals surface area contributed by atoms with Crippen molar-refractivity contribution in [3.8, 4) is 0 Å². The summed E-state index contributed by atoms with van der Waals surface area (Å²) in [5.41, 5.74) is 5.56. The zero-order valence-electron chi connectivity index (χ0n) is 11.0. The fourth-order valence-corrected chi connectivity index (χ4v) is 1.68. The van der Waals surface area contributed by atoms with Gasteiger partial charge in [-0.15, -0.1) is 0 Å². The van der Waals surface area contributed by atoms with Crippen LogP contribution in [0.2, 0.25) is 0 Å². The molecular formula is C13H17N3O4. The third kappa shape index (κ3) is 4.27. The molecule has 0 aromatic heterocycles. The number of nitrogens with two attached hydrogens (primary N) is 1. The summed E-state index contributed by atoms with van der Waals surface area (Å²) < 4.78 is 0. The molecule has 0 radical (unpaired) electrons. The van der Waals surface area contributed by atoms with Crippen molar-refractivity contribution in [2.24, 2.45) is 5.73 Å². The topological polar surface area (TPSA) is 122 Å². The van der Waals surface area contributed by atoms with Crippen LogP contribution in [0.5, 0.6) is 0 Å². The minimum absolute atomic E-state index is 0.235. The van der Waals surface area contributed by atoms with Gasteiger partial charge < -0.3 is 21.5 Å². The molecule has 0 aliphatic carbocycles. The minimum atomic E-state index is -1.13. The van der Waals surface area contributed by atoms with Crippen molar-refractivity contribution in [3.63, 3.8) is 0 Å². The zero-order chi connectivity index (χ0) is 15.1. The van der Waals surface area contributed by atoms with Gasteiger partial charge in [-0.3, -0.25) is 4.79 Å². The highest BCUT2D eigenvalue weighted by atomic mass is 16.4. The maximum atomic E-state index is 12.1. The van der Waals surface area contributed by atoms with Crippen molar-refractivity contribution in [1.29, 1.82) is 0 Å². The van der Waals surface area contributed by atoms with E-state index in [-0.39, 0.29) is 6.42 Å². The van der Waals surface area contributed by atoms with Gasteiger partial charge in [0.2, 0.25) is 5.91 Å². The number of aliphatic carboxylic acids is 1. The Hall–Kier alpha value is -2.57. The van der Waals surface area contributed by atoms with Crippen LogP contribution in [0, 0.1) is 0 Å². The van der Waals surface area contributed by atoms with Gasteiger partial charge in [0.15, 0.2) is 0 Å². The van der Waals surface area contributed by atoms with Crippen molar-refractivity contribution < 1.29 is 19.5 Å². The van der Waals surface area contributed by atoms with Gasteiger partial charge in [-0.1, -0.05) is 37.3 Å². The second-order valence-corrected chi connectivity index (χ2v) is 4.16. The van der Waals surface area contributed by atoms with Gasteiger partial charge in [0.1, 0.15) is 12.1 Å². The lowest BCUT2D eigenvalue weighted by Gasteiger charge is -2.20. The van der Waals surface area contributed by atoms with Gasteiger partial charge in [0.25, 0.3) is 0 Å². The number of urea groups is 1. The van der Waals surface area contributed by atoms with Crippen molar-refractivity contribution in [2.75, 3.05) is 0 Å². The monoisotopic (exact) mass is 279 g/mol. The van der Waals surface area contributed by atoms with Crippen molar-refractivity contribution in [3.05, 3.63) is 35.9 Å². The van der Waals surface area contributed by atoms with Crippen LogP contribution in [0.25, 0.3) is 0 Å². The summed E-state index contributed by atoms with van der Waals surface area (Å²) in [6.45, 7) is 1.64. The highest BCUT2D eigenvalue weighted by Crippen LogP contribution is 2.13. The SMILES string of the molecule is CC[C@H](NC(=O)C(NC(N)=O)c1ccccc1)C(=O)O. The molecule has 0 fully saturated rings. The lowest BCUT2D eigenvalue weighted by atomic mass is 10.1. The van der Waals surface area contributed by atoms with Gasteiger partial charge in [-0.05, 0) is 12.0 Å². The van der Waals surface area contributed by atoms with E-state index in [0.717, 1.165) is 0 Å². The Morgan fingerprint density at radius 3 is 2.25 bits per heavy atom. The second kappa shape index (κ2) is 7.13. The van der Waals surface area contributed by atoms with Crippen LogP contribution in [0.4, 0.5) is 4.79 Å². The molecule has 1 aromatic carbocycles. The number of primary amides is 1. The van der Waals surface area contributed by atoms with Gasteiger partial charge in [0.05, 0.1) is 0 Å². The number of amides is 3. The molecule has 1 unspecified atom stereocenters. The average Bonchev–Trinajstić information content (AvgIpc) is 2.42. The Balaban J connectivity index is 2.91. The highest BCUT2D eigenvalue weighted by molar-refractivity contribution is 5.90. The molecule has 7 heteroatoms. The van der Waals surface area contributed by atoms with Crippen LogP contribution in [0.3, 0.4) is 0 Å². The molecule has 0 aliphatic rings. The van der Waals surface area contributed by atoms with E-state index >= 15 is 0 Å². The van der Waals surface area contributed by atoms with Crippen molar-refractivity contribution in [1.82, 2.24) is 10.6 Å². The molecule has 3 amide bonds. The first-order valence-corrected chi connectivity index (χ1v) is 6.09. The van der Waals surface area contributed by atoms with Crippen LogP contribution < -0.4 is 16.4 Å². The summed E-state index contributed by atoms with van der Waals surface area (Å²) in [6.07, 6.45) is 0.235. The maximum absolute atomic E-state index is 12.1. The van der Waals surface area contributed by atoms with E-state index in [9.17, 15) is 14.4 Å². The Labute approximate surface area is 116 Å². The number of hydrogen-bond acceptors (Lipinski definition) is 3. The van der Waals surface area contributed by atoms with Crippen LogP contribution in [-0.4, -0.2) is 29.1 Å². The Morgan fingerprint density at radius 2 is 1.80 bits per heavy atom. The lowest BCUT2D eigenvalue weighted by molar-refractivity contribution is -0.142. The van der Waals surface area contributed by atoms with Gasteiger partial charge in [-0.2, -0.15) is 0 Å². The predicted octanol–water partition coefficient (Wildman–Crippen LogP) is 0.375. The molecule has 2 atom stereocenters. The third-order valence-electron chi connectivity index (χ3n) is 2.70. The highest BCUT2D eigenvalue weighted by Gasteiger charge is 2.26. The summed E-state index contributed by atoms with van der Waals surface area (Å²) in [4.78, 5) is 34.0. The number of carbonyl (C=O) groups is 3. The standard InChI is InChI=1S/C13H17N3O4/c1-2-9(12(18)19)15-11(17)10(16-13(14)20)8-6-4-3-5-7-8/h3-7,9-10H,2H2,1H3,(H,15,17)(H,18,19)(H3,14,16,20)/t9-,10?/m0/s1. The van der Waals surface area contributed by atoms with E-state index in [4.69, 9.17) is 10.8 Å². The number of benzene rings is 1. The van der Waals surface area contributed by atoms with E-state index < -0.39 is 30.0 Å². The fraction of sp³-hybridized carbons (Fsp3) is 0.308. The lowest BCUT2D eigenvalue weighted by Crippen LogP contribution is -2.48. The van der Waals surface area contributed by atoms with Gasteiger partial charge in [-0.25, -0.2) is 9.59 Å². The van der Waals surface area contributed by atoms with Crippen molar-refractivity contribution >= 4 is 17.9 Å². The first-order chi connectivity index (χ1) is 9.45. The molecular weight excluding hydrogens is 262 g/mol. The largest absolute Gasteiger partial charge is 0.480 e. The number of carboxylic acid groups (broad SMARTS) is 1. The molecule has 7 nitrogen and oxygen atoms in total. The Bertz CT molecular complexity index is 490. The van der Waals surface area contributed by atoms with E-state index in [0.29, 0.717) is 5.56 Å². The molecule has 0 saturated heterocycles. The first-order valence-electron chi connectivity index (χ1n) is 6.09. The Morgan fingerprint density at radius 1 is 1.20 bits per heavy atom. The third-order valence-corrected chi connectivity index (χ3v) is 2.70. The molecule has 108 valence electrons. The summed E-state index contributed by atoms with van der Waals surface area (Å²) in [5.74, 6) is -1.75. The number of nitrogens with one attached hydrogen (secondary N) is 2. The molecule has 0 heterocycles. The molecule has 0 saturated carbocycles. The Kier molecular flexibility index (Phi) is 5.52.